The fraction of sp³-hybridized carbons (Fsp3) is 0.714. The van der Waals surface area contributed by atoms with Gasteiger partial charge in [0.2, 0.25) is 0 Å². The van der Waals surface area contributed by atoms with Gasteiger partial charge in [-0.2, -0.15) is 0 Å². The molecule has 4 heteroatoms. The van der Waals surface area contributed by atoms with Crippen LogP contribution in [0.1, 0.15) is 73.6 Å². The first-order valence-electron chi connectivity index (χ1n) is 9.12. The van der Waals surface area contributed by atoms with Crippen molar-refractivity contribution in [3.63, 3.8) is 0 Å². The normalized spacial score (nSPS) is 11.8. The summed E-state index contributed by atoms with van der Waals surface area (Å²) >= 11 is 0. The molecular weight excluding hydrogens is 316 g/mol. The van der Waals surface area contributed by atoms with E-state index in [4.69, 9.17) is 9.47 Å². The van der Waals surface area contributed by atoms with Crippen molar-refractivity contribution in [2.24, 2.45) is 10.8 Å². The lowest BCUT2D eigenvalue weighted by Gasteiger charge is -2.45. The van der Waals surface area contributed by atoms with Crippen LogP contribution in [0.3, 0.4) is 0 Å². The highest BCUT2D eigenvalue weighted by atomic mass is 16.5. The first-order valence-corrected chi connectivity index (χ1v) is 9.12. The molecule has 0 aromatic heterocycles. The second-order valence-corrected chi connectivity index (χ2v) is 7.97. The van der Waals surface area contributed by atoms with Gasteiger partial charge in [0.15, 0.2) is 0 Å². The van der Waals surface area contributed by atoms with Crippen molar-refractivity contribution in [3.05, 3.63) is 24.3 Å². The number of carbonyl (C=O) groups is 2. The first kappa shape index (κ1) is 23.4. The Labute approximate surface area is 153 Å². The number of hydrogen-bond donors (Lipinski definition) is 0. The molecule has 0 N–H and O–H groups in total. The minimum atomic E-state index is -0.355. The lowest BCUT2D eigenvalue weighted by molar-refractivity contribution is -0.142. The summed E-state index contributed by atoms with van der Waals surface area (Å²) in [6.45, 7) is 20.0. The van der Waals surface area contributed by atoms with Crippen molar-refractivity contribution in [3.8, 4) is 0 Å². The van der Waals surface area contributed by atoms with Gasteiger partial charge in [0.25, 0.3) is 0 Å². The van der Waals surface area contributed by atoms with E-state index in [0.29, 0.717) is 24.4 Å². The maximum atomic E-state index is 11.7. The summed E-state index contributed by atoms with van der Waals surface area (Å²) in [4.78, 5) is 23.3. The van der Waals surface area contributed by atoms with Gasteiger partial charge in [-0.25, -0.2) is 9.59 Å². The predicted molar refractivity (Wildman–Crippen MR) is 102 cm³/mol. The molecule has 0 amide bonds. The molecule has 0 aliphatic rings. The predicted octanol–water partition coefficient (Wildman–Crippen LogP) is 5.23. The van der Waals surface area contributed by atoms with E-state index in [2.05, 4.69) is 40.9 Å². The van der Waals surface area contributed by atoms with Crippen LogP contribution < -0.4 is 0 Å². The van der Waals surface area contributed by atoms with Gasteiger partial charge < -0.3 is 9.47 Å². The van der Waals surface area contributed by atoms with Crippen LogP contribution in [0.25, 0.3) is 0 Å². The van der Waals surface area contributed by atoms with Gasteiger partial charge in [0.05, 0.1) is 13.2 Å². The average Bonchev–Trinajstić information content (AvgIpc) is 2.50. The monoisotopic (exact) mass is 352 g/mol. The molecule has 0 saturated heterocycles. The van der Waals surface area contributed by atoms with E-state index in [9.17, 15) is 9.59 Å². The summed E-state index contributed by atoms with van der Waals surface area (Å²) in [6.07, 6.45) is 4.65. The molecule has 0 aromatic carbocycles. The summed E-state index contributed by atoms with van der Waals surface area (Å²) < 4.78 is 10.7. The average molecular weight is 353 g/mol. The quantitative estimate of drug-likeness (QED) is 0.377. The fourth-order valence-electron chi connectivity index (χ4n) is 2.94. The molecule has 0 radical (unpaired) electrons. The molecule has 0 bridgehead atoms. The van der Waals surface area contributed by atoms with Crippen LogP contribution >= 0.6 is 0 Å². The third-order valence-corrected chi connectivity index (χ3v) is 4.92. The molecule has 0 atom stereocenters. The zero-order valence-electron chi connectivity index (χ0n) is 17.0. The molecule has 0 heterocycles. The van der Waals surface area contributed by atoms with E-state index in [-0.39, 0.29) is 22.8 Å². The van der Waals surface area contributed by atoms with Crippen LogP contribution in [-0.2, 0) is 19.1 Å². The summed E-state index contributed by atoms with van der Waals surface area (Å²) in [7, 11) is 0. The SMILES string of the molecule is C=C(C)C(=O)OCCC(CCCC)(CCOC(=O)C(=C)C)C(C)(C)C. The summed E-state index contributed by atoms with van der Waals surface area (Å²) in [5, 5.41) is 0. The van der Waals surface area contributed by atoms with Crippen molar-refractivity contribution in [2.75, 3.05) is 13.2 Å². The Kier molecular flexibility index (Phi) is 9.76. The van der Waals surface area contributed by atoms with E-state index in [1.807, 2.05) is 0 Å². The van der Waals surface area contributed by atoms with E-state index < -0.39 is 0 Å². The van der Waals surface area contributed by atoms with E-state index in [0.717, 1.165) is 32.1 Å². The first-order chi connectivity index (χ1) is 11.5. The lowest BCUT2D eigenvalue weighted by Crippen LogP contribution is -2.38. The number of esters is 2. The van der Waals surface area contributed by atoms with Gasteiger partial charge in [-0.3, -0.25) is 0 Å². The van der Waals surface area contributed by atoms with Crippen LogP contribution in [0.2, 0.25) is 0 Å². The molecule has 4 nitrogen and oxygen atoms in total. The minimum absolute atomic E-state index is 0.00652. The smallest absolute Gasteiger partial charge is 0.333 e. The maximum Gasteiger partial charge on any atom is 0.333 e. The summed E-state index contributed by atoms with van der Waals surface area (Å²) in [5.41, 5.74) is 0.733. The van der Waals surface area contributed by atoms with Gasteiger partial charge in [0.1, 0.15) is 0 Å². The molecule has 0 saturated carbocycles. The Morgan fingerprint density at radius 2 is 1.24 bits per heavy atom. The van der Waals surface area contributed by atoms with Gasteiger partial charge in [-0.05, 0) is 43.9 Å². The van der Waals surface area contributed by atoms with E-state index >= 15 is 0 Å². The zero-order valence-corrected chi connectivity index (χ0v) is 17.0. The molecule has 0 spiro atoms. The molecule has 25 heavy (non-hydrogen) atoms. The summed E-state index contributed by atoms with van der Waals surface area (Å²) in [6, 6.07) is 0. The molecular formula is C21H36O4. The molecule has 0 aromatic rings. The van der Waals surface area contributed by atoms with Crippen molar-refractivity contribution in [1.29, 1.82) is 0 Å². The Morgan fingerprint density at radius 3 is 1.52 bits per heavy atom. The van der Waals surface area contributed by atoms with Gasteiger partial charge in [-0.15, -0.1) is 0 Å². The molecule has 0 unspecified atom stereocenters. The van der Waals surface area contributed by atoms with Crippen LogP contribution in [0.4, 0.5) is 0 Å². The van der Waals surface area contributed by atoms with E-state index in [1.54, 1.807) is 13.8 Å². The molecule has 0 fully saturated rings. The van der Waals surface area contributed by atoms with Gasteiger partial charge in [-0.1, -0.05) is 53.7 Å². The maximum absolute atomic E-state index is 11.7. The molecule has 0 aliphatic heterocycles. The van der Waals surface area contributed by atoms with Crippen LogP contribution in [0.5, 0.6) is 0 Å². The van der Waals surface area contributed by atoms with Crippen molar-refractivity contribution in [1.82, 2.24) is 0 Å². The largest absolute Gasteiger partial charge is 0.462 e. The number of ether oxygens (including phenoxy) is 2. The Morgan fingerprint density at radius 1 is 0.840 bits per heavy atom. The Balaban J connectivity index is 5.09. The van der Waals surface area contributed by atoms with Crippen LogP contribution in [-0.4, -0.2) is 25.2 Å². The highest BCUT2D eigenvalue weighted by molar-refractivity contribution is 5.87. The van der Waals surface area contributed by atoms with Gasteiger partial charge >= 0.3 is 11.9 Å². The van der Waals surface area contributed by atoms with Gasteiger partial charge in [0, 0.05) is 11.1 Å². The third kappa shape index (κ3) is 7.89. The van der Waals surface area contributed by atoms with E-state index in [1.165, 1.54) is 0 Å². The number of rotatable bonds is 11. The fourth-order valence-corrected chi connectivity index (χ4v) is 2.94. The molecule has 0 aliphatic carbocycles. The van der Waals surface area contributed by atoms with Crippen LogP contribution in [0, 0.1) is 10.8 Å². The van der Waals surface area contributed by atoms with Crippen molar-refractivity contribution < 1.29 is 19.1 Å². The summed E-state index contributed by atoms with van der Waals surface area (Å²) in [5.74, 6) is -0.709. The third-order valence-electron chi connectivity index (χ3n) is 4.92. The number of hydrogen-bond acceptors (Lipinski definition) is 4. The van der Waals surface area contributed by atoms with Crippen molar-refractivity contribution >= 4 is 11.9 Å². The minimum Gasteiger partial charge on any atom is -0.462 e. The Hall–Kier alpha value is -1.58. The highest BCUT2D eigenvalue weighted by Crippen LogP contribution is 2.48. The van der Waals surface area contributed by atoms with Crippen LogP contribution in [0.15, 0.2) is 24.3 Å². The highest BCUT2D eigenvalue weighted by Gasteiger charge is 2.41. The molecule has 144 valence electrons. The number of unbranched alkanes of at least 4 members (excludes halogenated alkanes) is 1. The lowest BCUT2D eigenvalue weighted by atomic mass is 9.60. The van der Waals surface area contributed by atoms with Crippen molar-refractivity contribution in [2.45, 2.75) is 73.6 Å². The number of carbonyl (C=O) groups excluding carboxylic acids is 2. The Bertz CT molecular complexity index is 451. The zero-order chi connectivity index (χ0) is 19.7. The molecule has 0 rings (SSSR count). The topological polar surface area (TPSA) is 52.6 Å². The second kappa shape index (κ2) is 10.4. The second-order valence-electron chi connectivity index (χ2n) is 7.97. The standard InChI is InChI=1S/C21H36O4/c1-9-10-11-21(20(6,7)8,12-14-24-18(22)16(2)3)13-15-25-19(23)17(4)5/h2,4,9-15H2,1,3,5-8H3.